The smallest absolute Gasteiger partial charge is 0.237 e. The summed E-state index contributed by atoms with van der Waals surface area (Å²) in [5.41, 5.74) is 2.01. The topological polar surface area (TPSA) is 61.4 Å². The Balaban J connectivity index is 0.00000192. The normalized spacial score (nSPS) is 21.0. The predicted octanol–water partition coefficient (Wildman–Crippen LogP) is 1.99. The molecule has 2 aliphatic heterocycles. The zero-order valence-corrected chi connectivity index (χ0v) is 14.0. The van der Waals surface area contributed by atoms with Crippen molar-refractivity contribution in [1.82, 2.24) is 10.6 Å². The number of hydrogen-bond acceptors (Lipinski definition) is 3. The summed E-state index contributed by atoms with van der Waals surface area (Å²) in [5, 5.41) is 6.16. The second-order valence-electron chi connectivity index (χ2n) is 6.04. The molecule has 1 atom stereocenters. The minimum atomic E-state index is -0.0368. The van der Waals surface area contributed by atoms with Crippen molar-refractivity contribution < 1.29 is 9.59 Å². The molecule has 5 nitrogen and oxygen atoms in total. The van der Waals surface area contributed by atoms with Crippen molar-refractivity contribution in [3.05, 3.63) is 29.8 Å². The molecule has 1 unspecified atom stereocenters. The molecular formula is C17H24ClN3O2. The minimum Gasteiger partial charge on any atom is -0.351 e. The molecule has 2 amide bonds. The Bertz CT molecular complexity index is 541. The van der Waals surface area contributed by atoms with Crippen molar-refractivity contribution in [3.8, 4) is 0 Å². The summed E-state index contributed by atoms with van der Waals surface area (Å²) in [6.07, 6.45) is 4.69. The molecule has 3 rings (SSSR count). The van der Waals surface area contributed by atoms with Crippen LogP contribution in [0.4, 0.5) is 5.69 Å². The lowest BCUT2D eigenvalue weighted by atomic mass is 10.1. The van der Waals surface area contributed by atoms with E-state index in [1.807, 2.05) is 29.2 Å². The van der Waals surface area contributed by atoms with Crippen molar-refractivity contribution in [1.29, 1.82) is 0 Å². The monoisotopic (exact) mass is 337 g/mol. The Labute approximate surface area is 143 Å². The lowest BCUT2D eigenvalue weighted by molar-refractivity contribution is -0.123. The van der Waals surface area contributed by atoms with Crippen LogP contribution < -0.4 is 15.5 Å². The second-order valence-corrected chi connectivity index (χ2v) is 6.04. The highest BCUT2D eigenvalue weighted by molar-refractivity contribution is 5.94. The van der Waals surface area contributed by atoms with Gasteiger partial charge in [-0.3, -0.25) is 9.59 Å². The number of nitrogens with zero attached hydrogens (tertiary/aromatic N) is 1. The van der Waals surface area contributed by atoms with Gasteiger partial charge in [0.25, 0.3) is 0 Å². The summed E-state index contributed by atoms with van der Waals surface area (Å²) in [5.74, 6) is 0.285. The first-order chi connectivity index (χ1) is 10.7. The van der Waals surface area contributed by atoms with E-state index in [-0.39, 0.29) is 30.3 Å². The van der Waals surface area contributed by atoms with Gasteiger partial charge in [0.05, 0.1) is 6.04 Å². The van der Waals surface area contributed by atoms with Gasteiger partial charge in [0.2, 0.25) is 11.8 Å². The van der Waals surface area contributed by atoms with Crippen molar-refractivity contribution in [2.45, 2.75) is 44.7 Å². The molecule has 0 saturated carbocycles. The number of anilines is 1. The first-order valence-electron chi connectivity index (χ1n) is 8.14. The van der Waals surface area contributed by atoms with Gasteiger partial charge in [-0.05, 0) is 49.9 Å². The maximum Gasteiger partial charge on any atom is 0.237 e. The van der Waals surface area contributed by atoms with Crippen LogP contribution in [-0.2, 0) is 16.1 Å². The van der Waals surface area contributed by atoms with Crippen LogP contribution in [0.5, 0.6) is 0 Å². The fourth-order valence-electron chi connectivity index (χ4n) is 3.09. The first-order valence-corrected chi connectivity index (χ1v) is 8.14. The molecule has 2 aliphatic rings. The van der Waals surface area contributed by atoms with Crippen LogP contribution in [0.15, 0.2) is 24.3 Å². The quantitative estimate of drug-likeness (QED) is 0.883. The van der Waals surface area contributed by atoms with Crippen molar-refractivity contribution in [2.75, 3.05) is 18.0 Å². The molecule has 0 aliphatic carbocycles. The highest BCUT2D eigenvalue weighted by Crippen LogP contribution is 2.21. The largest absolute Gasteiger partial charge is 0.351 e. The van der Waals surface area contributed by atoms with E-state index in [9.17, 15) is 9.59 Å². The molecule has 1 aromatic carbocycles. The Kier molecular flexibility index (Phi) is 6.42. The number of amides is 2. The Morgan fingerprint density at radius 1 is 1.22 bits per heavy atom. The molecule has 6 heteroatoms. The van der Waals surface area contributed by atoms with Gasteiger partial charge in [-0.15, -0.1) is 12.4 Å². The predicted molar refractivity (Wildman–Crippen MR) is 92.8 cm³/mol. The number of hydrogen-bond donors (Lipinski definition) is 2. The molecule has 2 saturated heterocycles. The van der Waals surface area contributed by atoms with E-state index in [1.54, 1.807) is 0 Å². The van der Waals surface area contributed by atoms with E-state index in [2.05, 4.69) is 10.6 Å². The van der Waals surface area contributed by atoms with Gasteiger partial charge in [0, 0.05) is 25.2 Å². The summed E-state index contributed by atoms with van der Waals surface area (Å²) in [6, 6.07) is 7.88. The average Bonchev–Trinajstić information content (AvgIpc) is 3.08. The van der Waals surface area contributed by atoms with Gasteiger partial charge in [0.1, 0.15) is 0 Å². The van der Waals surface area contributed by atoms with Crippen LogP contribution in [0.3, 0.4) is 0 Å². The maximum atomic E-state index is 11.9. The number of piperidine rings is 1. The fraction of sp³-hybridized carbons (Fsp3) is 0.529. The lowest BCUT2D eigenvalue weighted by Gasteiger charge is -2.26. The van der Waals surface area contributed by atoms with E-state index in [4.69, 9.17) is 0 Å². The molecular weight excluding hydrogens is 314 g/mol. The highest BCUT2D eigenvalue weighted by atomic mass is 35.5. The molecule has 0 aromatic heterocycles. The van der Waals surface area contributed by atoms with Crippen molar-refractivity contribution in [2.24, 2.45) is 0 Å². The van der Waals surface area contributed by atoms with Crippen LogP contribution in [0, 0.1) is 0 Å². The zero-order chi connectivity index (χ0) is 15.4. The molecule has 0 radical (unpaired) electrons. The molecule has 0 bridgehead atoms. The van der Waals surface area contributed by atoms with Gasteiger partial charge in [0.15, 0.2) is 0 Å². The number of benzene rings is 1. The molecule has 23 heavy (non-hydrogen) atoms. The highest BCUT2D eigenvalue weighted by Gasteiger charge is 2.22. The van der Waals surface area contributed by atoms with E-state index in [1.165, 1.54) is 0 Å². The Morgan fingerprint density at radius 3 is 2.65 bits per heavy atom. The van der Waals surface area contributed by atoms with Crippen LogP contribution >= 0.6 is 12.4 Å². The standard InChI is InChI=1S/C17H23N3O2.ClH/c21-16-5-1-2-11-20(16)14-8-6-13(7-9-14)12-19-17(22)15-4-3-10-18-15;/h6-9,15,18H,1-5,10-12H2,(H,19,22);1H. The summed E-state index contributed by atoms with van der Waals surface area (Å²) >= 11 is 0. The minimum absolute atomic E-state index is 0. The summed E-state index contributed by atoms with van der Waals surface area (Å²) in [7, 11) is 0. The first kappa shape index (κ1) is 17.8. The number of carbonyl (C=O) groups is 2. The van der Waals surface area contributed by atoms with Gasteiger partial charge < -0.3 is 15.5 Å². The molecule has 0 spiro atoms. The molecule has 126 valence electrons. The Morgan fingerprint density at radius 2 is 2.00 bits per heavy atom. The van der Waals surface area contributed by atoms with Gasteiger partial charge in [-0.25, -0.2) is 0 Å². The van der Waals surface area contributed by atoms with Crippen molar-refractivity contribution >= 4 is 29.9 Å². The van der Waals surface area contributed by atoms with Crippen LogP contribution in [0.1, 0.15) is 37.7 Å². The Hall–Kier alpha value is -1.59. The van der Waals surface area contributed by atoms with E-state index in [0.29, 0.717) is 13.0 Å². The molecule has 2 heterocycles. The van der Waals surface area contributed by atoms with Crippen LogP contribution in [0.25, 0.3) is 0 Å². The van der Waals surface area contributed by atoms with E-state index in [0.717, 1.165) is 50.0 Å². The maximum absolute atomic E-state index is 11.9. The third-order valence-corrected chi connectivity index (χ3v) is 4.41. The summed E-state index contributed by atoms with van der Waals surface area (Å²) < 4.78 is 0. The number of rotatable bonds is 4. The van der Waals surface area contributed by atoms with Gasteiger partial charge >= 0.3 is 0 Å². The third kappa shape index (κ3) is 4.45. The number of halogens is 1. The van der Waals surface area contributed by atoms with E-state index < -0.39 is 0 Å². The summed E-state index contributed by atoms with van der Waals surface area (Å²) in [4.78, 5) is 25.7. The molecule has 1 aromatic rings. The number of carbonyl (C=O) groups excluding carboxylic acids is 2. The molecule has 2 fully saturated rings. The van der Waals surface area contributed by atoms with Crippen LogP contribution in [-0.4, -0.2) is 30.9 Å². The lowest BCUT2D eigenvalue weighted by Crippen LogP contribution is -2.40. The average molecular weight is 338 g/mol. The van der Waals surface area contributed by atoms with Crippen LogP contribution in [0.2, 0.25) is 0 Å². The van der Waals surface area contributed by atoms with E-state index >= 15 is 0 Å². The SMILES string of the molecule is Cl.O=C(NCc1ccc(N2CCCCC2=O)cc1)C1CCCN1. The van der Waals surface area contributed by atoms with Crippen molar-refractivity contribution in [3.63, 3.8) is 0 Å². The van der Waals surface area contributed by atoms with Gasteiger partial charge in [-0.1, -0.05) is 12.1 Å². The third-order valence-electron chi connectivity index (χ3n) is 4.41. The zero-order valence-electron chi connectivity index (χ0n) is 13.2. The summed E-state index contributed by atoms with van der Waals surface area (Å²) in [6.45, 7) is 2.27. The van der Waals surface area contributed by atoms with Gasteiger partial charge in [-0.2, -0.15) is 0 Å². The fourth-order valence-corrected chi connectivity index (χ4v) is 3.09. The number of nitrogens with one attached hydrogen (secondary N) is 2. The second kappa shape index (κ2) is 8.31. The molecule has 2 N–H and O–H groups in total.